The number of nitrogens with zero attached hydrogens (tertiary/aromatic N) is 1. The number of allylic oxidation sites excluding steroid dienone is 5. The lowest BCUT2D eigenvalue weighted by Gasteiger charge is -2.08. The smallest absolute Gasteiger partial charge is 0.255 e. The van der Waals surface area contributed by atoms with E-state index in [1.54, 1.807) is 12.4 Å². The van der Waals surface area contributed by atoms with Gasteiger partial charge in [0.15, 0.2) is 0 Å². The molecule has 3 heteroatoms. The van der Waals surface area contributed by atoms with Crippen molar-refractivity contribution >= 4 is 16.7 Å². The maximum atomic E-state index is 12.5. The zero-order valence-electron chi connectivity index (χ0n) is 13.3. The largest absolute Gasteiger partial charge is 0.325 e. The van der Waals surface area contributed by atoms with Crippen LogP contribution in [0.3, 0.4) is 0 Å². The predicted molar refractivity (Wildman–Crippen MR) is 94.0 cm³/mol. The highest BCUT2D eigenvalue weighted by molar-refractivity contribution is 5.99. The van der Waals surface area contributed by atoms with E-state index in [-0.39, 0.29) is 5.91 Å². The van der Waals surface area contributed by atoms with E-state index >= 15 is 0 Å². The molecule has 0 bridgehead atoms. The van der Waals surface area contributed by atoms with Gasteiger partial charge in [-0.25, -0.2) is 0 Å². The summed E-state index contributed by atoms with van der Waals surface area (Å²) in [6.45, 7) is 2.17. The Bertz CT molecular complexity index is 815. The van der Waals surface area contributed by atoms with Gasteiger partial charge in [0.1, 0.15) is 0 Å². The van der Waals surface area contributed by atoms with E-state index < -0.39 is 0 Å². The first-order chi connectivity index (χ1) is 11.3. The Kier molecular flexibility index (Phi) is 4.67. The second kappa shape index (κ2) is 7.05. The first-order valence-corrected chi connectivity index (χ1v) is 7.97. The number of hydrogen-bond donors (Lipinski definition) is 1. The zero-order chi connectivity index (χ0) is 16.1. The zero-order valence-corrected chi connectivity index (χ0v) is 13.3. The minimum Gasteiger partial charge on any atom is -0.325 e. The summed E-state index contributed by atoms with van der Waals surface area (Å²) in [4.78, 5) is 16.6. The summed E-state index contributed by atoms with van der Waals surface area (Å²) >= 11 is 0. The van der Waals surface area contributed by atoms with Crippen molar-refractivity contribution < 1.29 is 4.79 Å². The van der Waals surface area contributed by atoms with Gasteiger partial charge in [0.25, 0.3) is 5.91 Å². The monoisotopic (exact) mass is 304 g/mol. The van der Waals surface area contributed by atoms with Crippen LogP contribution in [0, 0.1) is 0 Å². The van der Waals surface area contributed by atoms with Crippen molar-refractivity contribution in [1.82, 2.24) is 10.3 Å². The SMILES string of the molecule is CCCC1=CC=C(NC(=O)c2ccc3ccncc3c2)CC=C1. The number of nitrogens with one attached hydrogen (secondary N) is 1. The van der Waals surface area contributed by atoms with Crippen molar-refractivity contribution in [3.63, 3.8) is 0 Å². The fourth-order valence-electron chi connectivity index (χ4n) is 2.66. The number of hydrogen-bond acceptors (Lipinski definition) is 2. The third kappa shape index (κ3) is 3.75. The Morgan fingerprint density at radius 2 is 2.13 bits per heavy atom. The van der Waals surface area contributed by atoms with Gasteiger partial charge in [-0.05, 0) is 41.7 Å². The number of pyridine rings is 1. The molecule has 0 saturated carbocycles. The number of carbonyl (C=O) groups is 1. The van der Waals surface area contributed by atoms with Crippen molar-refractivity contribution in [3.05, 3.63) is 77.8 Å². The Balaban J connectivity index is 1.76. The van der Waals surface area contributed by atoms with Crippen LogP contribution in [-0.2, 0) is 0 Å². The molecule has 0 fully saturated rings. The molecule has 1 heterocycles. The van der Waals surface area contributed by atoms with Gasteiger partial charge in [0, 0.05) is 35.5 Å². The molecule has 0 aliphatic heterocycles. The maximum Gasteiger partial charge on any atom is 0.255 e. The highest BCUT2D eigenvalue weighted by Crippen LogP contribution is 2.16. The van der Waals surface area contributed by atoms with Crippen LogP contribution in [0.15, 0.2) is 72.2 Å². The van der Waals surface area contributed by atoms with Crippen LogP contribution in [0.1, 0.15) is 36.5 Å². The highest BCUT2D eigenvalue weighted by Gasteiger charge is 2.09. The van der Waals surface area contributed by atoms with Crippen LogP contribution in [0.25, 0.3) is 10.8 Å². The van der Waals surface area contributed by atoms with E-state index in [9.17, 15) is 4.79 Å². The lowest BCUT2D eigenvalue weighted by atomic mass is 10.1. The van der Waals surface area contributed by atoms with E-state index in [2.05, 4.69) is 35.5 Å². The quantitative estimate of drug-likeness (QED) is 0.901. The average Bonchev–Trinajstić information content (AvgIpc) is 2.80. The molecule has 0 atom stereocenters. The van der Waals surface area contributed by atoms with E-state index in [4.69, 9.17) is 0 Å². The van der Waals surface area contributed by atoms with Crippen LogP contribution >= 0.6 is 0 Å². The number of fused-ring (bicyclic) bond motifs is 1. The Morgan fingerprint density at radius 3 is 3.00 bits per heavy atom. The van der Waals surface area contributed by atoms with Gasteiger partial charge in [-0.2, -0.15) is 0 Å². The molecular weight excluding hydrogens is 284 g/mol. The third-order valence-electron chi connectivity index (χ3n) is 3.88. The fourth-order valence-corrected chi connectivity index (χ4v) is 2.66. The molecule has 23 heavy (non-hydrogen) atoms. The molecular formula is C20H20N2O. The summed E-state index contributed by atoms with van der Waals surface area (Å²) in [6.07, 6.45) is 14.8. The van der Waals surface area contributed by atoms with Gasteiger partial charge in [-0.1, -0.05) is 37.6 Å². The summed E-state index contributed by atoms with van der Waals surface area (Å²) < 4.78 is 0. The van der Waals surface area contributed by atoms with E-state index in [1.807, 2.05) is 30.3 Å². The van der Waals surface area contributed by atoms with Crippen molar-refractivity contribution in [2.24, 2.45) is 0 Å². The molecule has 1 aliphatic rings. The summed E-state index contributed by atoms with van der Waals surface area (Å²) in [5.41, 5.74) is 2.87. The summed E-state index contributed by atoms with van der Waals surface area (Å²) in [5, 5.41) is 5.06. The molecule has 0 spiro atoms. The molecule has 1 amide bonds. The molecule has 1 aromatic carbocycles. The topological polar surface area (TPSA) is 42.0 Å². The molecule has 1 N–H and O–H groups in total. The molecule has 3 nitrogen and oxygen atoms in total. The Labute approximate surface area is 136 Å². The van der Waals surface area contributed by atoms with E-state index in [0.717, 1.165) is 35.7 Å². The summed E-state index contributed by atoms with van der Waals surface area (Å²) in [5.74, 6) is -0.0808. The van der Waals surface area contributed by atoms with Crippen LogP contribution in [0.2, 0.25) is 0 Å². The lowest BCUT2D eigenvalue weighted by Crippen LogP contribution is -2.22. The van der Waals surface area contributed by atoms with Gasteiger partial charge in [0.05, 0.1) is 0 Å². The third-order valence-corrected chi connectivity index (χ3v) is 3.88. The normalized spacial score (nSPS) is 14.1. The molecule has 2 aromatic rings. The fraction of sp³-hybridized carbons (Fsp3) is 0.200. The van der Waals surface area contributed by atoms with E-state index in [0.29, 0.717) is 5.56 Å². The van der Waals surface area contributed by atoms with Crippen LogP contribution in [0.5, 0.6) is 0 Å². The molecule has 0 saturated heterocycles. The van der Waals surface area contributed by atoms with E-state index in [1.165, 1.54) is 5.57 Å². The predicted octanol–water partition coefficient (Wildman–Crippen LogP) is 4.53. The van der Waals surface area contributed by atoms with Crippen molar-refractivity contribution in [2.75, 3.05) is 0 Å². The first-order valence-electron chi connectivity index (χ1n) is 7.97. The summed E-state index contributed by atoms with van der Waals surface area (Å²) in [7, 11) is 0. The standard InChI is InChI=1S/C20H20N2O/c1-2-4-15-5-3-6-19(10-7-15)22-20(23)17-9-8-16-11-12-21-14-18(16)13-17/h3,5,7-14H,2,4,6H2,1H3,(H,22,23). The Hall–Kier alpha value is -2.68. The van der Waals surface area contributed by atoms with Gasteiger partial charge >= 0.3 is 0 Å². The molecule has 1 aliphatic carbocycles. The summed E-state index contributed by atoms with van der Waals surface area (Å²) in [6, 6.07) is 7.62. The number of amides is 1. The maximum absolute atomic E-state index is 12.5. The molecule has 1 aromatic heterocycles. The van der Waals surface area contributed by atoms with Gasteiger partial charge in [-0.15, -0.1) is 0 Å². The van der Waals surface area contributed by atoms with Crippen molar-refractivity contribution in [3.8, 4) is 0 Å². The highest BCUT2D eigenvalue weighted by atomic mass is 16.1. The van der Waals surface area contributed by atoms with Crippen LogP contribution in [-0.4, -0.2) is 10.9 Å². The molecule has 116 valence electrons. The average molecular weight is 304 g/mol. The molecule has 0 unspecified atom stereocenters. The number of aromatic nitrogens is 1. The number of carbonyl (C=O) groups excluding carboxylic acids is 1. The number of benzene rings is 1. The first kappa shape index (κ1) is 15.2. The van der Waals surface area contributed by atoms with Crippen molar-refractivity contribution in [1.29, 1.82) is 0 Å². The second-order valence-corrected chi connectivity index (χ2v) is 5.68. The minimum absolute atomic E-state index is 0.0808. The molecule has 3 rings (SSSR count). The molecule has 0 radical (unpaired) electrons. The Morgan fingerprint density at radius 1 is 1.22 bits per heavy atom. The van der Waals surface area contributed by atoms with Gasteiger partial charge in [-0.3, -0.25) is 9.78 Å². The van der Waals surface area contributed by atoms with Crippen LogP contribution in [0.4, 0.5) is 0 Å². The minimum atomic E-state index is -0.0808. The van der Waals surface area contributed by atoms with Crippen molar-refractivity contribution in [2.45, 2.75) is 26.2 Å². The van der Waals surface area contributed by atoms with Gasteiger partial charge < -0.3 is 5.32 Å². The van der Waals surface area contributed by atoms with Gasteiger partial charge in [0.2, 0.25) is 0 Å². The lowest BCUT2D eigenvalue weighted by molar-refractivity contribution is 0.0965. The van der Waals surface area contributed by atoms with Crippen LogP contribution < -0.4 is 5.32 Å². The number of rotatable bonds is 4. The second-order valence-electron chi connectivity index (χ2n) is 5.68.